The molecule has 1 aromatic heterocycles. The summed E-state index contributed by atoms with van der Waals surface area (Å²) < 4.78 is 40.7. The van der Waals surface area contributed by atoms with Crippen molar-refractivity contribution < 1.29 is 22.8 Å². The summed E-state index contributed by atoms with van der Waals surface area (Å²) in [6.45, 7) is 3.19. The van der Waals surface area contributed by atoms with Gasteiger partial charge in [-0.2, -0.15) is 13.2 Å². The highest BCUT2D eigenvalue weighted by Gasteiger charge is 2.32. The Kier molecular flexibility index (Phi) is 6.77. The minimum Gasteiger partial charge on any atom is -0.352 e. The minimum absolute atomic E-state index is 0.0253. The van der Waals surface area contributed by atoms with Crippen LogP contribution in [0.15, 0.2) is 66.9 Å². The molecule has 0 radical (unpaired) electrons. The Balaban J connectivity index is 1.38. The predicted molar refractivity (Wildman–Crippen MR) is 122 cm³/mol. The third-order valence-corrected chi connectivity index (χ3v) is 6.06. The van der Waals surface area contributed by atoms with Crippen LogP contribution < -0.4 is 5.32 Å². The van der Waals surface area contributed by atoms with Crippen molar-refractivity contribution in [2.45, 2.75) is 45.1 Å². The van der Waals surface area contributed by atoms with Gasteiger partial charge < -0.3 is 14.8 Å². The van der Waals surface area contributed by atoms with Gasteiger partial charge in [-0.15, -0.1) is 0 Å². The Morgan fingerprint density at radius 1 is 1.00 bits per heavy atom. The maximum atomic E-state index is 13.1. The normalized spacial score (nSPS) is 15.6. The van der Waals surface area contributed by atoms with Crippen molar-refractivity contribution >= 4 is 11.8 Å². The molecular weight excluding hydrogens is 443 g/mol. The Hall–Kier alpha value is -3.55. The van der Waals surface area contributed by atoms with Crippen LogP contribution in [0.4, 0.5) is 13.2 Å². The van der Waals surface area contributed by atoms with Gasteiger partial charge in [0.2, 0.25) is 11.8 Å². The molecule has 0 fully saturated rings. The molecule has 0 saturated heterocycles. The summed E-state index contributed by atoms with van der Waals surface area (Å²) in [4.78, 5) is 27.3. The number of nitrogens with zero attached hydrogens (tertiary/aromatic N) is 2. The first-order valence-electron chi connectivity index (χ1n) is 11.2. The number of nitrogens with one attached hydrogen (secondary N) is 1. The Bertz CT molecular complexity index is 1170. The fourth-order valence-corrected chi connectivity index (χ4v) is 4.26. The molecule has 2 heterocycles. The van der Waals surface area contributed by atoms with Crippen LogP contribution in [-0.2, 0) is 28.9 Å². The number of fused-ring (bicyclic) bond motifs is 1. The second kappa shape index (κ2) is 9.75. The standard InChI is InChI=1S/C26H26F3N3O2/c1-18-7-9-20(10-8-18)25-22-6-3-13-31(22)14-15-32(25)24(34)12-11-23(33)30-17-19-4-2-5-21(16-19)26(27,28)29/h2-10,13,16,25H,11-12,14-15,17H2,1H3,(H,30,33). The van der Waals surface area contributed by atoms with Crippen LogP contribution in [0.3, 0.4) is 0 Å². The molecule has 8 heteroatoms. The highest BCUT2D eigenvalue weighted by molar-refractivity contribution is 5.84. The molecule has 2 amide bonds. The minimum atomic E-state index is -4.44. The summed E-state index contributed by atoms with van der Waals surface area (Å²) in [6, 6.07) is 16.6. The number of aryl methyl sites for hydroxylation is 1. The number of alkyl halides is 3. The number of hydrogen-bond donors (Lipinski definition) is 1. The zero-order chi connectivity index (χ0) is 24.3. The van der Waals surface area contributed by atoms with Crippen LogP contribution in [0.1, 0.15) is 46.8 Å². The lowest BCUT2D eigenvalue weighted by molar-refractivity contribution is -0.137. The van der Waals surface area contributed by atoms with E-state index >= 15 is 0 Å². The largest absolute Gasteiger partial charge is 0.416 e. The number of carbonyl (C=O) groups is 2. The van der Waals surface area contributed by atoms with Gasteiger partial charge >= 0.3 is 6.18 Å². The zero-order valence-electron chi connectivity index (χ0n) is 18.8. The number of halogens is 3. The Labute approximate surface area is 196 Å². The predicted octanol–water partition coefficient (Wildman–Crippen LogP) is 4.84. The van der Waals surface area contributed by atoms with E-state index in [1.165, 1.54) is 12.1 Å². The molecule has 1 aliphatic rings. The number of carbonyl (C=O) groups excluding carboxylic acids is 2. The second-order valence-corrected chi connectivity index (χ2v) is 8.50. The monoisotopic (exact) mass is 469 g/mol. The van der Waals surface area contributed by atoms with E-state index < -0.39 is 11.7 Å². The van der Waals surface area contributed by atoms with E-state index in [2.05, 4.69) is 9.88 Å². The average molecular weight is 470 g/mol. The van der Waals surface area contributed by atoms with E-state index in [1.54, 1.807) is 4.90 Å². The van der Waals surface area contributed by atoms with E-state index in [0.717, 1.165) is 29.0 Å². The molecule has 1 N–H and O–H groups in total. The topological polar surface area (TPSA) is 54.3 Å². The number of hydrogen-bond acceptors (Lipinski definition) is 2. The van der Waals surface area contributed by atoms with E-state index in [4.69, 9.17) is 0 Å². The van der Waals surface area contributed by atoms with Crippen molar-refractivity contribution in [3.05, 3.63) is 94.8 Å². The third kappa shape index (κ3) is 5.32. The first kappa shape index (κ1) is 23.6. The van der Waals surface area contributed by atoms with Crippen molar-refractivity contribution in [3.8, 4) is 0 Å². The van der Waals surface area contributed by atoms with Crippen molar-refractivity contribution in [2.24, 2.45) is 0 Å². The molecule has 1 aliphatic heterocycles. The second-order valence-electron chi connectivity index (χ2n) is 8.50. The molecular formula is C26H26F3N3O2. The lowest BCUT2D eigenvalue weighted by Gasteiger charge is -2.37. The lowest BCUT2D eigenvalue weighted by atomic mass is 9.98. The summed E-state index contributed by atoms with van der Waals surface area (Å²) >= 11 is 0. The van der Waals surface area contributed by atoms with Crippen LogP contribution in [-0.4, -0.2) is 27.8 Å². The van der Waals surface area contributed by atoms with Crippen molar-refractivity contribution in [1.82, 2.24) is 14.8 Å². The van der Waals surface area contributed by atoms with E-state index in [1.807, 2.05) is 49.5 Å². The molecule has 0 bridgehead atoms. The maximum absolute atomic E-state index is 13.1. The summed E-state index contributed by atoms with van der Waals surface area (Å²) in [6.07, 6.45) is -2.44. The quantitative estimate of drug-likeness (QED) is 0.562. The first-order chi connectivity index (χ1) is 16.2. The highest BCUT2D eigenvalue weighted by Crippen LogP contribution is 2.33. The van der Waals surface area contributed by atoms with Gasteiger partial charge in [0.15, 0.2) is 0 Å². The first-order valence-corrected chi connectivity index (χ1v) is 11.2. The number of rotatable bonds is 6. The van der Waals surface area contributed by atoms with Crippen LogP contribution in [0.5, 0.6) is 0 Å². The summed E-state index contributed by atoms with van der Waals surface area (Å²) in [7, 11) is 0. The number of amides is 2. The summed E-state index contributed by atoms with van der Waals surface area (Å²) in [5.41, 5.74) is 2.76. The van der Waals surface area contributed by atoms with Gasteiger partial charge in [0.25, 0.3) is 0 Å². The Morgan fingerprint density at radius 3 is 2.50 bits per heavy atom. The van der Waals surface area contributed by atoms with Gasteiger partial charge in [0.1, 0.15) is 0 Å². The van der Waals surface area contributed by atoms with E-state index in [9.17, 15) is 22.8 Å². The fourth-order valence-electron chi connectivity index (χ4n) is 4.26. The van der Waals surface area contributed by atoms with Gasteiger partial charge in [-0.05, 0) is 42.3 Å². The van der Waals surface area contributed by atoms with Gasteiger partial charge in [0, 0.05) is 44.4 Å². The smallest absolute Gasteiger partial charge is 0.352 e. The SMILES string of the molecule is Cc1ccc(C2c3cccn3CCN2C(=O)CCC(=O)NCc2cccc(C(F)(F)F)c2)cc1. The van der Waals surface area contributed by atoms with Crippen LogP contribution in [0, 0.1) is 6.92 Å². The number of aromatic nitrogens is 1. The van der Waals surface area contributed by atoms with Gasteiger partial charge in [0.05, 0.1) is 11.6 Å². The molecule has 0 aliphatic carbocycles. The van der Waals surface area contributed by atoms with E-state index in [0.29, 0.717) is 18.7 Å². The third-order valence-electron chi connectivity index (χ3n) is 6.06. The molecule has 1 atom stereocenters. The van der Waals surface area contributed by atoms with Crippen LogP contribution in [0.2, 0.25) is 0 Å². The molecule has 5 nitrogen and oxygen atoms in total. The molecule has 178 valence electrons. The maximum Gasteiger partial charge on any atom is 0.416 e. The van der Waals surface area contributed by atoms with Crippen LogP contribution >= 0.6 is 0 Å². The number of benzene rings is 2. The summed E-state index contributed by atoms with van der Waals surface area (Å²) in [5.74, 6) is -0.509. The molecule has 0 saturated carbocycles. The van der Waals surface area contributed by atoms with Gasteiger partial charge in [-0.25, -0.2) is 0 Å². The van der Waals surface area contributed by atoms with Gasteiger partial charge in [-0.3, -0.25) is 9.59 Å². The molecule has 34 heavy (non-hydrogen) atoms. The molecule has 1 unspecified atom stereocenters. The fraction of sp³-hybridized carbons (Fsp3) is 0.308. The van der Waals surface area contributed by atoms with E-state index in [-0.39, 0.29) is 37.2 Å². The molecule has 0 spiro atoms. The molecule has 3 aromatic rings. The molecule has 2 aromatic carbocycles. The summed E-state index contributed by atoms with van der Waals surface area (Å²) in [5, 5.41) is 2.62. The highest BCUT2D eigenvalue weighted by atomic mass is 19.4. The zero-order valence-corrected chi connectivity index (χ0v) is 18.8. The Morgan fingerprint density at radius 2 is 1.76 bits per heavy atom. The van der Waals surface area contributed by atoms with Gasteiger partial charge in [-0.1, -0.05) is 42.0 Å². The van der Waals surface area contributed by atoms with Crippen molar-refractivity contribution in [3.63, 3.8) is 0 Å². The van der Waals surface area contributed by atoms with Crippen molar-refractivity contribution in [2.75, 3.05) is 6.54 Å². The van der Waals surface area contributed by atoms with Crippen molar-refractivity contribution in [1.29, 1.82) is 0 Å². The lowest BCUT2D eigenvalue weighted by Crippen LogP contribution is -2.42. The average Bonchev–Trinajstić information content (AvgIpc) is 3.30. The van der Waals surface area contributed by atoms with Crippen LogP contribution in [0.25, 0.3) is 0 Å². The molecule has 4 rings (SSSR count).